The molecular weight excluding hydrogens is 296 g/mol. The van der Waals surface area contributed by atoms with Crippen LogP contribution in [0.2, 0.25) is 0 Å². The molecule has 6 heteroatoms. The first-order valence-electron chi connectivity index (χ1n) is 6.43. The van der Waals surface area contributed by atoms with Gasteiger partial charge in [0.05, 0.1) is 11.3 Å². The van der Waals surface area contributed by atoms with Gasteiger partial charge in [0.15, 0.2) is 9.84 Å². The van der Waals surface area contributed by atoms with Gasteiger partial charge in [-0.2, -0.15) is 0 Å². The van der Waals surface area contributed by atoms with Crippen LogP contribution in [-0.4, -0.2) is 32.0 Å². The van der Waals surface area contributed by atoms with Gasteiger partial charge in [0.2, 0.25) is 0 Å². The first-order chi connectivity index (χ1) is 9.34. The van der Waals surface area contributed by atoms with Gasteiger partial charge in [-0.25, -0.2) is 8.42 Å². The van der Waals surface area contributed by atoms with Gasteiger partial charge >= 0.3 is 5.97 Å². The van der Waals surface area contributed by atoms with Gasteiger partial charge in [0.25, 0.3) is 0 Å². The Morgan fingerprint density at radius 1 is 1.45 bits per heavy atom. The summed E-state index contributed by atoms with van der Waals surface area (Å²) in [4.78, 5) is 12.1. The highest BCUT2D eigenvalue weighted by atomic mass is 32.2. The number of benzene rings is 1. The molecule has 2 rings (SSSR count). The lowest BCUT2D eigenvalue weighted by Crippen LogP contribution is -2.11. The van der Waals surface area contributed by atoms with E-state index in [2.05, 4.69) is 0 Å². The SMILES string of the molecule is CSc1c(C(CC(=O)O)C2CC2)cccc1S(C)(=O)=O. The second-order valence-corrected chi connectivity index (χ2v) is 7.99. The molecule has 4 nitrogen and oxygen atoms in total. The standard InChI is InChI=1S/C14H18O4S2/c1-19-14-10(4-3-5-12(14)20(2,17)18)11(8-13(15)16)9-6-7-9/h3-5,9,11H,6-8H2,1-2H3,(H,15,16). The van der Waals surface area contributed by atoms with Crippen LogP contribution < -0.4 is 0 Å². The number of carboxylic acids is 1. The summed E-state index contributed by atoms with van der Waals surface area (Å²) in [5.74, 6) is -0.554. The molecule has 1 aromatic rings. The second kappa shape index (κ2) is 5.77. The Bertz CT molecular complexity index is 618. The maximum atomic E-state index is 11.9. The topological polar surface area (TPSA) is 71.4 Å². The van der Waals surface area contributed by atoms with Gasteiger partial charge in [-0.15, -0.1) is 11.8 Å². The van der Waals surface area contributed by atoms with Gasteiger partial charge in [-0.1, -0.05) is 12.1 Å². The molecule has 1 saturated carbocycles. The molecule has 0 heterocycles. The summed E-state index contributed by atoms with van der Waals surface area (Å²) >= 11 is 1.38. The van der Waals surface area contributed by atoms with Crippen molar-refractivity contribution in [2.75, 3.05) is 12.5 Å². The lowest BCUT2D eigenvalue weighted by molar-refractivity contribution is -0.137. The summed E-state index contributed by atoms with van der Waals surface area (Å²) < 4.78 is 23.7. The Kier molecular flexibility index (Phi) is 4.44. The van der Waals surface area contributed by atoms with Crippen LogP contribution in [0, 0.1) is 5.92 Å². The van der Waals surface area contributed by atoms with Crippen LogP contribution in [0.1, 0.15) is 30.7 Å². The highest BCUT2D eigenvalue weighted by Gasteiger charge is 2.35. The normalized spacial score (nSPS) is 16.9. The lowest BCUT2D eigenvalue weighted by atomic mass is 9.91. The number of sulfone groups is 1. The first-order valence-corrected chi connectivity index (χ1v) is 9.55. The summed E-state index contributed by atoms with van der Waals surface area (Å²) in [6.07, 6.45) is 5.13. The number of hydrogen-bond acceptors (Lipinski definition) is 4. The first kappa shape index (κ1) is 15.4. The van der Waals surface area contributed by atoms with Crippen LogP contribution in [0.5, 0.6) is 0 Å². The van der Waals surface area contributed by atoms with E-state index in [0.717, 1.165) is 18.4 Å². The molecule has 1 fully saturated rings. The quantitative estimate of drug-likeness (QED) is 0.818. The van der Waals surface area contributed by atoms with Gasteiger partial charge in [-0.05, 0) is 42.6 Å². The van der Waals surface area contributed by atoms with Crippen molar-refractivity contribution in [2.45, 2.75) is 35.0 Å². The Morgan fingerprint density at radius 3 is 2.55 bits per heavy atom. The van der Waals surface area contributed by atoms with Gasteiger partial charge < -0.3 is 5.11 Å². The number of carboxylic acid groups (broad SMARTS) is 1. The zero-order valence-corrected chi connectivity index (χ0v) is 13.1. The summed E-state index contributed by atoms with van der Waals surface area (Å²) in [7, 11) is -3.30. The van der Waals surface area contributed by atoms with E-state index in [1.54, 1.807) is 12.1 Å². The smallest absolute Gasteiger partial charge is 0.303 e. The zero-order valence-electron chi connectivity index (χ0n) is 11.5. The van der Waals surface area contributed by atoms with E-state index in [-0.39, 0.29) is 12.3 Å². The Morgan fingerprint density at radius 2 is 2.10 bits per heavy atom. The van der Waals surface area contributed by atoms with Crippen molar-refractivity contribution in [2.24, 2.45) is 5.92 Å². The predicted octanol–water partition coefficient (Wildman–Crippen LogP) is 2.78. The van der Waals surface area contributed by atoms with Crippen LogP contribution in [0.15, 0.2) is 28.0 Å². The third-order valence-electron chi connectivity index (χ3n) is 3.60. The molecule has 0 aliphatic heterocycles. The van der Waals surface area contributed by atoms with E-state index in [9.17, 15) is 13.2 Å². The number of aliphatic carboxylic acids is 1. The number of carbonyl (C=O) groups is 1. The van der Waals surface area contributed by atoms with E-state index in [4.69, 9.17) is 5.11 Å². The molecule has 1 aromatic carbocycles. The van der Waals surface area contributed by atoms with E-state index in [0.29, 0.717) is 15.7 Å². The maximum Gasteiger partial charge on any atom is 0.303 e. The molecule has 1 N–H and O–H groups in total. The largest absolute Gasteiger partial charge is 0.481 e. The van der Waals surface area contributed by atoms with E-state index >= 15 is 0 Å². The summed E-state index contributed by atoms with van der Waals surface area (Å²) in [5.41, 5.74) is 0.866. The van der Waals surface area contributed by atoms with Gasteiger partial charge in [-0.3, -0.25) is 4.79 Å². The van der Waals surface area contributed by atoms with E-state index in [1.807, 2.05) is 12.3 Å². The fourth-order valence-corrected chi connectivity index (χ4v) is 4.76. The molecule has 0 radical (unpaired) electrons. The Hall–Kier alpha value is -1.01. The van der Waals surface area contributed by atoms with E-state index < -0.39 is 15.8 Å². The van der Waals surface area contributed by atoms with Crippen LogP contribution in [0.4, 0.5) is 0 Å². The number of rotatable bonds is 6. The van der Waals surface area contributed by atoms with Crippen molar-refractivity contribution in [1.82, 2.24) is 0 Å². The van der Waals surface area contributed by atoms with Crippen LogP contribution in [0.25, 0.3) is 0 Å². The molecule has 0 spiro atoms. The minimum Gasteiger partial charge on any atom is -0.481 e. The fourth-order valence-electron chi connectivity index (χ4n) is 2.55. The highest BCUT2D eigenvalue weighted by Crippen LogP contribution is 2.47. The minimum absolute atomic E-state index is 0.0610. The summed E-state index contributed by atoms with van der Waals surface area (Å²) in [5, 5.41) is 9.09. The van der Waals surface area contributed by atoms with Crippen molar-refractivity contribution >= 4 is 27.6 Å². The molecular formula is C14H18O4S2. The molecule has 1 aliphatic carbocycles. The number of thioether (sulfide) groups is 1. The molecule has 1 unspecified atom stereocenters. The van der Waals surface area contributed by atoms with Crippen molar-refractivity contribution in [3.8, 4) is 0 Å². The van der Waals surface area contributed by atoms with Crippen molar-refractivity contribution < 1.29 is 18.3 Å². The molecule has 1 atom stereocenters. The van der Waals surface area contributed by atoms with Crippen LogP contribution in [-0.2, 0) is 14.6 Å². The average molecular weight is 314 g/mol. The molecule has 0 bridgehead atoms. The monoisotopic (exact) mass is 314 g/mol. The highest BCUT2D eigenvalue weighted by molar-refractivity contribution is 7.99. The maximum absolute atomic E-state index is 11.9. The zero-order chi connectivity index (χ0) is 14.9. The molecule has 20 heavy (non-hydrogen) atoms. The minimum atomic E-state index is -3.30. The van der Waals surface area contributed by atoms with Crippen molar-refractivity contribution in [1.29, 1.82) is 0 Å². The van der Waals surface area contributed by atoms with Crippen molar-refractivity contribution in [3.63, 3.8) is 0 Å². The van der Waals surface area contributed by atoms with Crippen LogP contribution >= 0.6 is 11.8 Å². The fraction of sp³-hybridized carbons (Fsp3) is 0.500. The van der Waals surface area contributed by atoms with Crippen molar-refractivity contribution in [3.05, 3.63) is 23.8 Å². The van der Waals surface area contributed by atoms with Gasteiger partial charge in [0.1, 0.15) is 0 Å². The Labute approximate surface area is 123 Å². The second-order valence-electron chi connectivity index (χ2n) is 5.19. The molecule has 0 saturated heterocycles. The van der Waals surface area contributed by atoms with E-state index in [1.165, 1.54) is 18.0 Å². The third-order valence-corrected chi connectivity index (χ3v) is 5.73. The van der Waals surface area contributed by atoms with Crippen LogP contribution in [0.3, 0.4) is 0 Å². The molecule has 1 aliphatic rings. The predicted molar refractivity (Wildman–Crippen MR) is 79.1 cm³/mol. The average Bonchev–Trinajstić information content (AvgIpc) is 3.18. The third kappa shape index (κ3) is 3.35. The molecule has 0 amide bonds. The molecule has 0 aromatic heterocycles. The summed E-state index contributed by atoms with van der Waals surface area (Å²) in [6, 6.07) is 5.17. The lowest BCUT2D eigenvalue weighted by Gasteiger charge is -2.19. The Balaban J connectivity index is 2.52. The van der Waals surface area contributed by atoms with Gasteiger partial charge in [0, 0.05) is 11.2 Å². The molecule has 110 valence electrons. The summed E-state index contributed by atoms with van der Waals surface area (Å²) in [6.45, 7) is 0. The number of hydrogen-bond donors (Lipinski definition) is 1.